The van der Waals surface area contributed by atoms with Crippen LogP contribution in [0, 0.1) is 10.7 Å². The van der Waals surface area contributed by atoms with Crippen LogP contribution in [0.3, 0.4) is 0 Å². The fraction of sp³-hybridized carbons (Fsp3) is 0.368. The smallest absolute Gasteiger partial charge is 0.262 e. The third-order valence-corrected chi connectivity index (χ3v) is 4.45. The van der Waals surface area contributed by atoms with E-state index in [-0.39, 0.29) is 28.1 Å². The molecule has 7 nitrogen and oxygen atoms in total. The van der Waals surface area contributed by atoms with Crippen LogP contribution in [0.5, 0.6) is 0 Å². The van der Waals surface area contributed by atoms with Gasteiger partial charge in [0.15, 0.2) is 4.77 Å². The van der Waals surface area contributed by atoms with Crippen molar-refractivity contribution in [3.05, 3.63) is 51.5 Å². The third-order valence-electron chi connectivity index (χ3n) is 4.13. The Kier molecular flexibility index (Phi) is 6.68. The molecule has 0 saturated heterocycles. The molecular formula is C19H24N4O3S. The first kappa shape index (κ1) is 20.6. The second-order valence-corrected chi connectivity index (χ2v) is 7.05. The van der Waals surface area contributed by atoms with Gasteiger partial charge in [-0.15, -0.1) is 6.58 Å². The number of hydrogen-bond acceptors (Lipinski definition) is 4. The Labute approximate surface area is 162 Å². The first-order valence-corrected chi connectivity index (χ1v) is 9.09. The fourth-order valence-corrected chi connectivity index (χ4v) is 3.08. The minimum absolute atomic E-state index is 0.239. The molecule has 1 atom stereocenters. The van der Waals surface area contributed by atoms with Gasteiger partial charge in [0.05, 0.1) is 10.9 Å². The first-order valence-electron chi connectivity index (χ1n) is 8.68. The van der Waals surface area contributed by atoms with Crippen LogP contribution in [-0.4, -0.2) is 34.5 Å². The van der Waals surface area contributed by atoms with E-state index >= 15 is 0 Å². The Morgan fingerprint density at radius 3 is 2.67 bits per heavy atom. The van der Waals surface area contributed by atoms with E-state index in [0.717, 1.165) is 0 Å². The van der Waals surface area contributed by atoms with Gasteiger partial charge in [-0.05, 0) is 42.8 Å². The van der Waals surface area contributed by atoms with E-state index in [1.807, 2.05) is 13.8 Å². The normalized spacial score (nSPS) is 12.0. The van der Waals surface area contributed by atoms with Crippen LogP contribution in [-0.2, 0) is 11.3 Å². The molecule has 2 aromatic rings. The number of aromatic amines is 1. The maximum Gasteiger partial charge on any atom is 0.262 e. The van der Waals surface area contributed by atoms with Gasteiger partial charge >= 0.3 is 0 Å². The Morgan fingerprint density at radius 2 is 2.07 bits per heavy atom. The predicted octanol–water partition coefficient (Wildman–Crippen LogP) is 2.14. The number of carbonyl (C=O) groups excluding carboxylic acids is 2. The number of rotatable bonds is 7. The molecule has 0 radical (unpaired) electrons. The highest BCUT2D eigenvalue weighted by Gasteiger charge is 2.21. The highest BCUT2D eigenvalue weighted by Crippen LogP contribution is 2.12. The third kappa shape index (κ3) is 4.71. The number of hydrogen-bond donors (Lipinski definition) is 3. The van der Waals surface area contributed by atoms with Gasteiger partial charge in [-0.2, -0.15) is 0 Å². The van der Waals surface area contributed by atoms with Gasteiger partial charge in [0.2, 0.25) is 5.91 Å². The summed E-state index contributed by atoms with van der Waals surface area (Å²) < 4.78 is 1.65. The predicted molar refractivity (Wildman–Crippen MR) is 108 cm³/mol. The van der Waals surface area contributed by atoms with E-state index in [1.54, 1.807) is 24.3 Å². The lowest BCUT2D eigenvalue weighted by Gasteiger charge is -2.19. The molecule has 1 unspecified atom stereocenters. The summed E-state index contributed by atoms with van der Waals surface area (Å²) in [5.74, 6) is -0.395. The van der Waals surface area contributed by atoms with Crippen LogP contribution in [0.15, 0.2) is 35.6 Å². The van der Waals surface area contributed by atoms with Crippen molar-refractivity contribution in [3.8, 4) is 0 Å². The maximum atomic E-state index is 12.6. The molecular weight excluding hydrogens is 364 g/mol. The number of nitrogens with zero attached hydrogens (tertiary/aromatic N) is 1. The van der Waals surface area contributed by atoms with E-state index in [1.165, 1.54) is 11.6 Å². The molecule has 0 aliphatic rings. The van der Waals surface area contributed by atoms with E-state index in [4.69, 9.17) is 12.2 Å². The molecule has 0 aliphatic heterocycles. The molecule has 0 aliphatic carbocycles. The van der Waals surface area contributed by atoms with Gasteiger partial charge in [0, 0.05) is 19.2 Å². The summed E-state index contributed by atoms with van der Waals surface area (Å²) in [7, 11) is 1.53. The zero-order valence-electron chi connectivity index (χ0n) is 15.7. The molecule has 1 aromatic heterocycles. The summed E-state index contributed by atoms with van der Waals surface area (Å²) in [5, 5.41) is 5.74. The second-order valence-electron chi connectivity index (χ2n) is 6.66. The van der Waals surface area contributed by atoms with Crippen LogP contribution < -0.4 is 16.2 Å². The molecule has 27 heavy (non-hydrogen) atoms. The number of aromatic nitrogens is 2. The van der Waals surface area contributed by atoms with Crippen LogP contribution in [0.4, 0.5) is 0 Å². The second kappa shape index (κ2) is 8.77. The van der Waals surface area contributed by atoms with Crippen LogP contribution in [0.1, 0.15) is 30.6 Å². The quantitative estimate of drug-likeness (QED) is 0.500. The molecule has 1 aromatic carbocycles. The van der Waals surface area contributed by atoms with Crippen molar-refractivity contribution in [3.63, 3.8) is 0 Å². The molecule has 0 fully saturated rings. The topological polar surface area (TPSA) is 96.0 Å². The van der Waals surface area contributed by atoms with E-state index in [0.29, 0.717) is 29.4 Å². The van der Waals surface area contributed by atoms with E-state index < -0.39 is 6.04 Å². The van der Waals surface area contributed by atoms with Crippen molar-refractivity contribution in [2.45, 2.75) is 32.9 Å². The van der Waals surface area contributed by atoms with Crippen molar-refractivity contribution >= 4 is 34.9 Å². The minimum Gasteiger partial charge on any atom is -0.357 e. The fourth-order valence-electron chi connectivity index (χ4n) is 2.81. The Bertz CT molecular complexity index is 991. The van der Waals surface area contributed by atoms with Crippen LogP contribution >= 0.6 is 12.2 Å². The number of H-pyrrole nitrogens is 1. The number of benzene rings is 1. The summed E-state index contributed by atoms with van der Waals surface area (Å²) in [4.78, 5) is 40.1. The SMILES string of the molecule is C=CCn1c(=S)[nH]c2cc(C(=O)NC(CC(C)C)C(=O)NC)ccc2c1=O. The van der Waals surface area contributed by atoms with Gasteiger partial charge in [-0.25, -0.2) is 0 Å². The van der Waals surface area contributed by atoms with Crippen LogP contribution in [0.25, 0.3) is 10.9 Å². The van der Waals surface area contributed by atoms with E-state index in [2.05, 4.69) is 22.2 Å². The van der Waals surface area contributed by atoms with Gasteiger partial charge in [-0.1, -0.05) is 19.9 Å². The van der Waals surface area contributed by atoms with Crippen molar-refractivity contribution < 1.29 is 9.59 Å². The Morgan fingerprint density at radius 1 is 1.37 bits per heavy atom. The summed E-state index contributed by atoms with van der Waals surface area (Å²) in [6, 6.07) is 4.08. The average molecular weight is 388 g/mol. The average Bonchev–Trinajstić information content (AvgIpc) is 2.63. The van der Waals surface area contributed by atoms with Crippen LogP contribution in [0.2, 0.25) is 0 Å². The Hall–Kier alpha value is -2.74. The number of allylic oxidation sites excluding steroid dienone is 1. The molecule has 0 spiro atoms. The minimum atomic E-state index is -0.628. The Balaban J connectivity index is 2.38. The maximum absolute atomic E-state index is 12.6. The molecule has 8 heteroatoms. The zero-order chi connectivity index (χ0) is 20.1. The lowest BCUT2D eigenvalue weighted by Crippen LogP contribution is -2.46. The van der Waals surface area contributed by atoms with E-state index in [9.17, 15) is 14.4 Å². The summed E-state index contributed by atoms with van der Waals surface area (Å²) in [5.41, 5.74) is 0.564. The largest absolute Gasteiger partial charge is 0.357 e. The van der Waals surface area contributed by atoms with Crippen molar-refractivity contribution in [2.24, 2.45) is 5.92 Å². The molecule has 1 heterocycles. The van der Waals surface area contributed by atoms with Gasteiger partial charge in [0.1, 0.15) is 6.04 Å². The highest BCUT2D eigenvalue weighted by atomic mass is 32.1. The van der Waals surface area contributed by atoms with Gasteiger partial charge in [-0.3, -0.25) is 19.0 Å². The lowest BCUT2D eigenvalue weighted by atomic mass is 10.0. The number of amides is 2. The molecule has 2 amide bonds. The molecule has 0 bridgehead atoms. The zero-order valence-corrected chi connectivity index (χ0v) is 16.5. The lowest BCUT2D eigenvalue weighted by molar-refractivity contribution is -0.122. The summed E-state index contributed by atoms with van der Waals surface area (Å²) >= 11 is 5.21. The first-order chi connectivity index (χ1) is 12.8. The van der Waals surface area contributed by atoms with Crippen molar-refractivity contribution in [2.75, 3.05) is 7.05 Å². The molecule has 0 saturated carbocycles. The number of fused-ring (bicyclic) bond motifs is 1. The van der Waals surface area contributed by atoms with Crippen molar-refractivity contribution in [1.82, 2.24) is 20.2 Å². The monoisotopic (exact) mass is 388 g/mol. The molecule has 144 valence electrons. The standard InChI is InChI=1S/C19H24N4O3S/c1-5-8-23-18(26)13-7-6-12(10-14(13)22-19(23)27)16(24)21-15(9-11(2)3)17(25)20-4/h5-7,10-11,15H,1,8-9H2,2-4H3,(H,20,25)(H,21,24)(H,22,27). The number of likely N-dealkylation sites (N-methyl/N-ethyl adjacent to an activating group) is 1. The highest BCUT2D eigenvalue weighted by molar-refractivity contribution is 7.71. The number of nitrogens with one attached hydrogen (secondary N) is 3. The summed E-state index contributed by atoms with van der Waals surface area (Å²) in [6.45, 7) is 7.88. The summed E-state index contributed by atoms with van der Waals surface area (Å²) in [6.07, 6.45) is 2.11. The van der Waals surface area contributed by atoms with Gasteiger partial charge in [0.25, 0.3) is 11.5 Å². The van der Waals surface area contributed by atoms with Gasteiger partial charge < -0.3 is 15.6 Å². The molecule has 3 N–H and O–H groups in total. The molecule has 2 rings (SSSR count). The number of carbonyl (C=O) groups is 2. The van der Waals surface area contributed by atoms with Crippen molar-refractivity contribution in [1.29, 1.82) is 0 Å².